The number of hydrogen-bond donors (Lipinski definition) is 0. The lowest BCUT2D eigenvalue weighted by molar-refractivity contribution is -0.137. The van der Waals surface area contributed by atoms with Crippen molar-refractivity contribution < 1.29 is 18.0 Å². The van der Waals surface area contributed by atoms with Gasteiger partial charge in [0.2, 0.25) is 5.91 Å². The van der Waals surface area contributed by atoms with Gasteiger partial charge in [-0.05, 0) is 30.3 Å². The van der Waals surface area contributed by atoms with Crippen LogP contribution in [0, 0.1) is 0 Å². The number of pyridine rings is 1. The van der Waals surface area contributed by atoms with E-state index >= 15 is 0 Å². The van der Waals surface area contributed by atoms with Gasteiger partial charge in [0.05, 0.1) is 17.8 Å². The summed E-state index contributed by atoms with van der Waals surface area (Å²) in [6, 6.07) is 9.69. The fraction of sp³-hybridized carbons (Fsp3) is 0.200. The summed E-state index contributed by atoms with van der Waals surface area (Å²) in [7, 11) is 0. The Labute approximate surface area is 130 Å². The molecule has 0 bridgehead atoms. The van der Waals surface area contributed by atoms with Crippen molar-refractivity contribution in [3.05, 3.63) is 59.9 Å². The zero-order valence-corrected chi connectivity index (χ0v) is 12.1. The van der Waals surface area contributed by atoms with Crippen molar-refractivity contribution in [3.63, 3.8) is 0 Å². The maximum Gasteiger partial charge on any atom is 0.416 e. The molecule has 0 unspecified atom stereocenters. The quantitative estimate of drug-likeness (QED) is 0.798. The highest BCUT2D eigenvalue weighted by Crippen LogP contribution is 2.32. The van der Waals surface area contributed by atoms with Crippen molar-refractivity contribution in [2.45, 2.75) is 12.7 Å². The molecule has 22 heavy (non-hydrogen) atoms. The summed E-state index contributed by atoms with van der Waals surface area (Å²) < 4.78 is 38.4. The van der Waals surface area contributed by atoms with Gasteiger partial charge in [-0.1, -0.05) is 12.1 Å². The molecule has 1 heterocycles. The van der Waals surface area contributed by atoms with Gasteiger partial charge in [-0.3, -0.25) is 9.78 Å². The summed E-state index contributed by atoms with van der Waals surface area (Å²) in [6.07, 6.45) is -2.93. The van der Waals surface area contributed by atoms with Crippen LogP contribution in [0.1, 0.15) is 11.3 Å². The van der Waals surface area contributed by atoms with Gasteiger partial charge < -0.3 is 4.90 Å². The first-order chi connectivity index (χ1) is 10.4. The van der Waals surface area contributed by atoms with Gasteiger partial charge in [0, 0.05) is 11.9 Å². The monoisotopic (exact) mass is 328 g/mol. The highest BCUT2D eigenvalue weighted by molar-refractivity contribution is 6.29. The molecule has 0 N–H and O–H groups in total. The minimum atomic E-state index is -4.48. The van der Waals surface area contributed by atoms with E-state index in [-0.39, 0.29) is 18.1 Å². The molecule has 1 amide bonds. The number of nitrogens with zero attached hydrogens (tertiary/aromatic N) is 2. The molecular weight excluding hydrogens is 317 g/mol. The lowest BCUT2D eigenvalue weighted by atomic mass is 10.1. The first-order valence-electron chi connectivity index (χ1n) is 6.35. The standard InChI is InChI=1S/C15H12ClF3N2O/c16-9-14(22)21(10-12-5-1-2-7-20-12)13-6-3-4-11(8-13)15(17,18)19/h1-8H,9-10H2. The second-order valence-electron chi connectivity index (χ2n) is 4.48. The van der Waals surface area contributed by atoms with Gasteiger partial charge in [-0.2, -0.15) is 13.2 Å². The van der Waals surface area contributed by atoms with E-state index in [9.17, 15) is 18.0 Å². The molecule has 3 nitrogen and oxygen atoms in total. The smallest absolute Gasteiger partial charge is 0.305 e. The van der Waals surface area contributed by atoms with Crippen molar-refractivity contribution in [2.75, 3.05) is 10.8 Å². The van der Waals surface area contributed by atoms with E-state index in [4.69, 9.17) is 11.6 Å². The van der Waals surface area contributed by atoms with Crippen LogP contribution in [0.15, 0.2) is 48.7 Å². The van der Waals surface area contributed by atoms with Crippen LogP contribution in [0.3, 0.4) is 0 Å². The summed E-state index contributed by atoms with van der Waals surface area (Å²) in [5.74, 6) is -0.824. The van der Waals surface area contributed by atoms with Crippen LogP contribution >= 0.6 is 11.6 Å². The first kappa shape index (κ1) is 16.3. The Bertz CT molecular complexity index is 647. The average molecular weight is 329 g/mol. The zero-order valence-electron chi connectivity index (χ0n) is 11.3. The first-order valence-corrected chi connectivity index (χ1v) is 6.89. The molecule has 2 aromatic rings. The lowest BCUT2D eigenvalue weighted by Gasteiger charge is -2.22. The van der Waals surface area contributed by atoms with Gasteiger partial charge in [-0.25, -0.2) is 0 Å². The molecule has 0 atom stereocenters. The molecule has 0 aliphatic carbocycles. The molecule has 2 rings (SSSR count). The predicted molar refractivity (Wildman–Crippen MR) is 77.6 cm³/mol. The van der Waals surface area contributed by atoms with Crippen LogP contribution in [0.2, 0.25) is 0 Å². The highest BCUT2D eigenvalue weighted by Gasteiger charge is 2.31. The van der Waals surface area contributed by atoms with Crippen LogP contribution < -0.4 is 4.90 Å². The zero-order chi connectivity index (χ0) is 16.2. The predicted octanol–water partition coefficient (Wildman–Crippen LogP) is 3.87. The fourth-order valence-corrected chi connectivity index (χ4v) is 2.04. The van der Waals surface area contributed by atoms with Crippen LogP contribution in [0.4, 0.5) is 18.9 Å². The highest BCUT2D eigenvalue weighted by atomic mass is 35.5. The van der Waals surface area contributed by atoms with Crippen molar-refractivity contribution in [2.24, 2.45) is 0 Å². The summed E-state index contributed by atoms with van der Waals surface area (Å²) in [6.45, 7) is 0.0493. The molecule has 1 aromatic heterocycles. The number of carbonyl (C=O) groups excluding carboxylic acids is 1. The summed E-state index contributed by atoms with van der Waals surface area (Å²) in [5.41, 5.74) is -0.136. The van der Waals surface area contributed by atoms with Gasteiger partial charge in [-0.15, -0.1) is 11.6 Å². The summed E-state index contributed by atoms with van der Waals surface area (Å²) in [4.78, 5) is 17.2. The maximum atomic E-state index is 12.8. The third-order valence-corrected chi connectivity index (χ3v) is 3.18. The van der Waals surface area contributed by atoms with Gasteiger partial charge in [0.15, 0.2) is 0 Å². The average Bonchev–Trinajstić information content (AvgIpc) is 2.52. The Balaban J connectivity index is 2.36. The topological polar surface area (TPSA) is 33.2 Å². The normalized spacial score (nSPS) is 11.3. The molecule has 1 aromatic carbocycles. The number of anilines is 1. The van der Waals surface area contributed by atoms with Crippen molar-refractivity contribution in [1.82, 2.24) is 4.98 Å². The van der Waals surface area contributed by atoms with E-state index in [1.807, 2.05) is 0 Å². The lowest BCUT2D eigenvalue weighted by Crippen LogP contribution is -2.31. The molecule has 116 valence electrons. The number of rotatable bonds is 4. The minimum Gasteiger partial charge on any atom is -0.305 e. The Hall–Kier alpha value is -2.08. The molecular formula is C15H12ClF3N2O. The third kappa shape index (κ3) is 3.98. The molecule has 0 spiro atoms. The van der Waals surface area contributed by atoms with Crippen LogP contribution in [-0.4, -0.2) is 16.8 Å². The Morgan fingerprint density at radius 2 is 1.95 bits per heavy atom. The van der Waals surface area contributed by atoms with E-state index in [1.54, 1.807) is 24.4 Å². The minimum absolute atomic E-state index is 0.0493. The molecule has 0 radical (unpaired) electrons. The van der Waals surface area contributed by atoms with Gasteiger partial charge in [0.1, 0.15) is 5.88 Å². The number of carbonyl (C=O) groups is 1. The molecule has 0 saturated heterocycles. The number of alkyl halides is 4. The molecule has 0 saturated carbocycles. The number of benzene rings is 1. The number of amides is 1. The van der Waals surface area contributed by atoms with Crippen LogP contribution in [-0.2, 0) is 17.5 Å². The van der Waals surface area contributed by atoms with Crippen molar-refractivity contribution in [3.8, 4) is 0 Å². The van der Waals surface area contributed by atoms with E-state index < -0.39 is 17.6 Å². The van der Waals surface area contributed by atoms with E-state index in [1.165, 1.54) is 17.0 Å². The molecule has 7 heteroatoms. The van der Waals surface area contributed by atoms with Crippen LogP contribution in [0.5, 0.6) is 0 Å². The summed E-state index contributed by atoms with van der Waals surface area (Å²) >= 11 is 5.56. The van der Waals surface area contributed by atoms with Gasteiger partial charge in [0.25, 0.3) is 0 Å². The maximum absolute atomic E-state index is 12.8. The van der Waals surface area contributed by atoms with E-state index in [2.05, 4.69) is 4.98 Å². The molecule has 0 aliphatic heterocycles. The Morgan fingerprint density at radius 3 is 2.55 bits per heavy atom. The number of aromatic nitrogens is 1. The largest absolute Gasteiger partial charge is 0.416 e. The van der Waals surface area contributed by atoms with Crippen LogP contribution in [0.25, 0.3) is 0 Å². The Morgan fingerprint density at radius 1 is 1.18 bits per heavy atom. The van der Waals surface area contributed by atoms with Crippen molar-refractivity contribution in [1.29, 1.82) is 0 Å². The van der Waals surface area contributed by atoms with E-state index in [0.717, 1.165) is 12.1 Å². The Kier molecular flexibility index (Phi) is 5.03. The fourth-order valence-electron chi connectivity index (χ4n) is 1.90. The number of hydrogen-bond acceptors (Lipinski definition) is 2. The molecule has 0 fully saturated rings. The molecule has 0 aliphatic rings. The second-order valence-corrected chi connectivity index (χ2v) is 4.75. The summed E-state index contributed by atoms with van der Waals surface area (Å²) in [5, 5.41) is 0. The van der Waals surface area contributed by atoms with E-state index in [0.29, 0.717) is 5.69 Å². The number of halogens is 4. The second kappa shape index (κ2) is 6.79. The van der Waals surface area contributed by atoms with Crippen molar-refractivity contribution >= 4 is 23.2 Å². The SMILES string of the molecule is O=C(CCl)N(Cc1ccccn1)c1cccc(C(F)(F)F)c1. The third-order valence-electron chi connectivity index (χ3n) is 2.95. The van der Waals surface area contributed by atoms with Gasteiger partial charge >= 0.3 is 6.18 Å².